The number of allylic oxidation sites excluding steroid dienone is 1. The smallest absolute Gasteiger partial charge is 0.247 e. The van der Waals surface area contributed by atoms with Crippen molar-refractivity contribution in [2.45, 2.75) is 63.4 Å². The maximum Gasteiger partial charge on any atom is 0.247 e. The minimum atomic E-state index is -0.209. The van der Waals surface area contributed by atoms with Gasteiger partial charge in [-0.15, -0.1) is 0 Å². The Morgan fingerprint density at radius 2 is 2.14 bits per heavy atom. The third kappa shape index (κ3) is 4.31. The summed E-state index contributed by atoms with van der Waals surface area (Å²) in [6, 6.07) is 0. The Morgan fingerprint density at radius 3 is 2.62 bits per heavy atom. The molecule has 2 aliphatic rings. The molecule has 2 atom stereocenters. The molecule has 1 amide bonds. The van der Waals surface area contributed by atoms with Crippen LogP contribution in [0.25, 0.3) is 0 Å². The summed E-state index contributed by atoms with van der Waals surface area (Å²) in [6.45, 7) is 10.8. The Balaban J connectivity index is 2.06. The zero-order valence-corrected chi connectivity index (χ0v) is 15.1. The summed E-state index contributed by atoms with van der Waals surface area (Å²) in [4.78, 5) is 17.0. The third-order valence-corrected chi connectivity index (χ3v) is 4.46. The predicted molar refractivity (Wildman–Crippen MR) is 88.9 cm³/mol. The molecule has 0 saturated carbocycles. The molecule has 0 radical (unpaired) electrons. The van der Waals surface area contributed by atoms with Crippen LogP contribution in [0.2, 0.25) is 0 Å². The van der Waals surface area contributed by atoms with Gasteiger partial charge in [-0.1, -0.05) is 22.0 Å². The second-order valence-electron chi connectivity index (χ2n) is 7.54. The van der Waals surface area contributed by atoms with Crippen molar-refractivity contribution in [1.82, 2.24) is 5.32 Å². The second kappa shape index (κ2) is 5.75. The quantitative estimate of drug-likeness (QED) is 0.772. The number of nitrogens with zero attached hydrogens (tertiary/aromatic N) is 1. The molecule has 0 fully saturated rings. The lowest BCUT2D eigenvalue weighted by Crippen LogP contribution is -2.42. The highest BCUT2D eigenvalue weighted by atomic mass is 79.9. The number of amides is 1. The van der Waals surface area contributed by atoms with Gasteiger partial charge in [0.1, 0.15) is 6.61 Å². The molecule has 118 valence electrons. The lowest BCUT2D eigenvalue weighted by atomic mass is 9.88. The van der Waals surface area contributed by atoms with Crippen LogP contribution in [0.5, 0.6) is 0 Å². The fraction of sp³-hybridized carbons (Fsp3) is 0.750. The van der Waals surface area contributed by atoms with Crippen molar-refractivity contribution in [1.29, 1.82) is 0 Å². The van der Waals surface area contributed by atoms with E-state index in [0.717, 1.165) is 24.3 Å². The van der Waals surface area contributed by atoms with Gasteiger partial charge in [0.05, 0.1) is 11.5 Å². The third-order valence-electron chi connectivity index (χ3n) is 3.55. The molecule has 4 nitrogen and oxygen atoms in total. The van der Waals surface area contributed by atoms with Crippen molar-refractivity contribution < 1.29 is 9.53 Å². The van der Waals surface area contributed by atoms with E-state index < -0.39 is 0 Å². The topological polar surface area (TPSA) is 50.7 Å². The number of nitrogens with one attached hydrogen (secondary N) is 1. The van der Waals surface area contributed by atoms with Gasteiger partial charge in [-0.25, -0.2) is 4.99 Å². The largest absolute Gasteiger partial charge is 0.478 e. The molecule has 1 heterocycles. The van der Waals surface area contributed by atoms with Crippen LogP contribution in [0.4, 0.5) is 0 Å². The van der Waals surface area contributed by atoms with Gasteiger partial charge < -0.3 is 10.1 Å². The lowest BCUT2D eigenvalue weighted by Gasteiger charge is -2.27. The Bertz CT molecular complexity index is 489. The molecule has 0 saturated heterocycles. The highest BCUT2D eigenvalue weighted by molar-refractivity contribution is 9.09. The summed E-state index contributed by atoms with van der Waals surface area (Å²) in [7, 11) is 0. The molecule has 0 aromatic carbocycles. The number of halogens is 1. The number of hydrogen-bond acceptors (Lipinski definition) is 3. The van der Waals surface area contributed by atoms with Crippen LogP contribution in [0.3, 0.4) is 0 Å². The number of aliphatic imine (C=N–C) groups is 1. The van der Waals surface area contributed by atoms with E-state index in [1.807, 2.05) is 26.8 Å². The zero-order chi connectivity index (χ0) is 15.8. The summed E-state index contributed by atoms with van der Waals surface area (Å²) in [5.74, 6) is 1.08. The maximum absolute atomic E-state index is 12.2. The van der Waals surface area contributed by atoms with E-state index in [2.05, 4.69) is 40.1 Å². The van der Waals surface area contributed by atoms with Crippen molar-refractivity contribution in [3.05, 3.63) is 11.6 Å². The monoisotopic (exact) mass is 356 g/mol. The minimum Gasteiger partial charge on any atom is -0.478 e. The molecule has 5 heteroatoms. The first-order chi connectivity index (χ1) is 9.57. The Hall–Kier alpha value is -0.840. The minimum absolute atomic E-state index is 0.0278. The van der Waals surface area contributed by atoms with Crippen LogP contribution < -0.4 is 5.32 Å². The summed E-state index contributed by atoms with van der Waals surface area (Å²) in [5, 5.41) is 3.02. The van der Waals surface area contributed by atoms with Crippen LogP contribution in [0.15, 0.2) is 16.6 Å². The Morgan fingerprint density at radius 1 is 1.48 bits per heavy atom. The van der Waals surface area contributed by atoms with Crippen molar-refractivity contribution in [2.75, 3.05) is 6.61 Å². The maximum atomic E-state index is 12.2. The number of ether oxygens (including phenoxy) is 1. The van der Waals surface area contributed by atoms with E-state index >= 15 is 0 Å². The van der Waals surface area contributed by atoms with Crippen molar-refractivity contribution >= 4 is 27.7 Å². The molecular weight excluding hydrogens is 332 g/mol. The summed E-state index contributed by atoms with van der Waals surface area (Å²) in [5.41, 5.74) is 0.510. The van der Waals surface area contributed by atoms with E-state index in [9.17, 15) is 4.79 Å². The molecular formula is C16H25BrN2O2. The number of hydrogen-bond donors (Lipinski definition) is 1. The number of carbonyl (C=O) groups is 1. The van der Waals surface area contributed by atoms with Crippen LogP contribution in [-0.4, -0.2) is 34.3 Å². The average Bonchev–Trinajstić information content (AvgIpc) is 2.67. The van der Waals surface area contributed by atoms with E-state index in [0.29, 0.717) is 6.61 Å². The van der Waals surface area contributed by atoms with Gasteiger partial charge >= 0.3 is 0 Å². The molecule has 0 bridgehead atoms. The Kier molecular flexibility index (Phi) is 4.52. The SMILES string of the molecule is CC1(C)COC(C2CCC(C(=O)NC(C)(C)C)=CC2Br)=N1. The van der Waals surface area contributed by atoms with Gasteiger partial charge in [0.25, 0.3) is 0 Å². The highest BCUT2D eigenvalue weighted by Gasteiger charge is 2.36. The first kappa shape index (κ1) is 16.5. The van der Waals surface area contributed by atoms with E-state index in [1.165, 1.54) is 0 Å². The average molecular weight is 357 g/mol. The van der Waals surface area contributed by atoms with Crippen LogP contribution in [0.1, 0.15) is 47.5 Å². The number of alkyl halides is 1. The van der Waals surface area contributed by atoms with E-state index in [-0.39, 0.29) is 27.7 Å². The molecule has 1 aliphatic heterocycles. The van der Waals surface area contributed by atoms with E-state index in [4.69, 9.17) is 4.74 Å². The standard InChI is InChI=1S/C16H25BrN2O2/c1-15(2,3)18-13(20)10-6-7-11(12(17)8-10)14-19-16(4,5)9-21-14/h8,11-12H,6-7,9H2,1-5H3,(H,18,20). The van der Waals surface area contributed by atoms with Gasteiger partial charge in [-0.2, -0.15) is 0 Å². The molecule has 1 aliphatic carbocycles. The summed E-state index contributed by atoms with van der Waals surface area (Å²) >= 11 is 3.67. The van der Waals surface area contributed by atoms with Gasteiger partial charge in [-0.3, -0.25) is 4.79 Å². The van der Waals surface area contributed by atoms with Crippen molar-refractivity contribution in [3.8, 4) is 0 Å². The fourth-order valence-electron chi connectivity index (χ4n) is 2.54. The lowest BCUT2D eigenvalue weighted by molar-refractivity contribution is -0.119. The van der Waals surface area contributed by atoms with Gasteiger partial charge in [0.15, 0.2) is 5.90 Å². The van der Waals surface area contributed by atoms with Crippen molar-refractivity contribution in [3.63, 3.8) is 0 Å². The molecule has 0 aromatic heterocycles. The molecule has 0 spiro atoms. The van der Waals surface area contributed by atoms with Crippen molar-refractivity contribution in [2.24, 2.45) is 10.9 Å². The van der Waals surface area contributed by atoms with Gasteiger partial charge in [0, 0.05) is 15.9 Å². The normalized spacial score (nSPS) is 28.5. The fourth-order valence-corrected chi connectivity index (χ4v) is 3.34. The van der Waals surface area contributed by atoms with Crippen LogP contribution in [-0.2, 0) is 9.53 Å². The first-order valence-electron chi connectivity index (χ1n) is 7.47. The second-order valence-corrected chi connectivity index (χ2v) is 8.59. The highest BCUT2D eigenvalue weighted by Crippen LogP contribution is 2.33. The van der Waals surface area contributed by atoms with E-state index in [1.54, 1.807) is 0 Å². The molecule has 1 N–H and O–H groups in total. The summed E-state index contributed by atoms with van der Waals surface area (Å²) < 4.78 is 5.74. The summed E-state index contributed by atoms with van der Waals surface area (Å²) in [6.07, 6.45) is 3.65. The molecule has 21 heavy (non-hydrogen) atoms. The zero-order valence-electron chi connectivity index (χ0n) is 13.5. The number of carbonyl (C=O) groups excluding carboxylic acids is 1. The predicted octanol–water partition coefficient (Wildman–Crippen LogP) is 3.21. The number of rotatable bonds is 2. The van der Waals surface area contributed by atoms with Crippen LogP contribution in [0, 0.1) is 5.92 Å². The van der Waals surface area contributed by atoms with Gasteiger partial charge in [-0.05, 0) is 47.5 Å². The molecule has 2 rings (SSSR count). The first-order valence-corrected chi connectivity index (χ1v) is 8.39. The van der Waals surface area contributed by atoms with Gasteiger partial charge in [0.2, 0.25) is 5.91 Å². The molecule has 0 aromatic rings. The Labute approximate surface area is 135 Å². The van der Waals surface area contributed by atoms with Crippen LogP contribution >= 0.6 is 15.9 Å². The molecule has 2 unspecified atom stereocenters.